The number of carbonyl (C=O) groups is 2. The Morgan fingerprint density at radius 2 is 1.71 bits per heavy atom. The van der Waals surface area contributed by atoms with E-state index in [4.69, 9.17) is 18.9 Å². The highest BCUT2D eigenvalue weighted by atomic mass is 32.1. The van der Waals surface area contributed by atoms with Crippen LogP contribution in [-0.2, 0) is 17.6 Å². The zero-order valence-corrected chi connectivity index (χ0v) is 23.8. The SMILES string of the molecule is CCCCc1csc(/C=C(\Cc2cc3c(cc2OC)OCO3)C(=O)O)c1-c1ccc(OC)c2ccc(C(=O)O)cc12. The fourth-order valence-corrected chi connectivity index (χ4v) is 6.14. The Hall–Kier alpha value is -4.50. The second-order valence-corrected chi connectivity index (χ2v) is 10.6. The molecule has 1 aliphatic rings. The minimum atomic E-state index is -1.05. The van der Waals surface area contributed by atoms with Crippen molar-refractivity contribution in [2.45, 2.75) is 32.6 Å². The molecule has 0 saturated heterocycles. The van der Waals surface area contributed by atoms with Crippen LogP contribution in [0.3, 0.4) is 0 Å². The molecule has 1 aliphatic heterocycles. The van der Waals surface area contributed by atoms with Crippen LogP contribution in [-0.4, -0.2) is 43.2 Å². The molecule has 0 unspecified atom stereocenters. The van der Waals surface area contributed by atoms with Gasteiger partial charge < -0.3 is 29.2 Å². The summed E-state index contributed by atoms with van der Waals surface area (Å²) in [5.41, 5.74) is 3.81. The maximum absolute atomic E-state index is 12.5. The van der Waals surface area contributed by atoms with Crippen LogP contribution < -0.4 is 18.9 Å². The lowest BCUT2D eigenvalue weighted by Crippen LogP contribution is -2.05. The quantitative estimate of drug-likeness (QED) is 0.183. The maximum atomic E-state index is 12.5. The first kappa shape index (κ1) is 28.0. The first-order valence-corrected chi connectivity index (χ1v) is 14.1. The number of methoxy groups -OCH3 is 2. The molecule has 0 aliphatic carbocycles. The smallest absolute Gasteiger partial charge is 0.335 e. The molecule has 0 amide bonds. The predicted molar refractivity (Wildman–Crippen MR) is 158 cm³/mol. The number of aliphatic carboxylic acids is 1. The van der Waals surface area contributed by atoms with E-state index in [2.05, 4.69) is 12.3 Å². The van der Waals surface area contributed by atoms with Gasteiger partial charge in [-0.05, 0) is 77.2 Å². The summed E-state index contributed by atoms with van der Waals surface area (Å²) in [6.07, 6.45) is 4.57. The first-order chi connectivity index (χ1) is 19.8. The van der Waals surface area contributed by atoms with Crippen LogP contribution in [0.25, 0.3) is 28.0 Å². The Kier molecular flexibility index (Phi) is 8.16. The summed E-state index contributed by atoms with van der Waals surface area (Å²) in [6, 6.07) is 12.2. The summed E-state index contributed by atoms with van der Waals surface area (Å²) >= 11 is 1.47. The normalized spacial score (nSPS) is 12.5. The molecule has 8 nitrogen and oxygen atoms in total. The molecule has 4 aromatic rings. The topological polar surface area (TPSA) is 112 Å². The number of hydrogen-bond acceptors (Lipinski definition) is 7. The van der Waals surface area contributed by atoms with E-state index >= 15 is 0 Å². The number of carboxylic acids is 2. The van der Waals surface area contributed by atoms with Crippen molar-refractivity contribution in [1.82, 2.24) is 0 Å². The van der Waals surface area contributed by atoms with Crippen LogP contribution in [0.4, 0.5) is 0 Å². The Labute approximate surface area is 241 Å². The van der Waals surface area contributed by atoms with E-state index in [-0.39, 0.29) is 24.4 Å². The van der Waals surface area contributed by atoms with E-state index in [1.807, 2.05) is 12.1 Å². The molecule has 5 rings (SSSR count). The molecule has 1 aromatic heterocycles. The molecule has 0 atom stereocenters. The van der Waals surface area contributed by atoms with Gasteiger partial charge in [-0.15, -0.1) is 11.3 Å². The van der Waals surface area contributed by atoms with Crippen molar-refractivity contribution in [2.24, 2.45) is 0 Å². The van der Waals surface area contributed by atoms with Crippen LogP contribution in [0.5, 0.6) is 23.0 Å². The van der Waals surface area contributed by atoms with Crippen molar-refractivity contribution >= 4 is 40.1 Å². The van der Waals surface area contributed by atoms with E-state index in [0.29, 0.717) is 28.6 Å². The van der Waals surface area contributed by atoms with Crippen molar-refractivity contribution < 1.29 is 38.7 Å². The third kappa shape index (κ3) is 5.58. The van der Waals surface area contributed by atoms with Crippen molar-refractivity contribution in [3.63, 3.8) is 0 Å². The molecule has 3 aromatic carbocycles. The lowest BCUT2D eigenvalue weighted by atomic mass is 9.91. The van der Waals surface area contributed by atoms with E-state index in [1.54, 1.807) is 43.5 Å². The zero-order valence-electron chi connectivity index (χ0n) is 23.0. The van der Waals surface area contributed by atoms with Crippen LogP contribution in [0.15, 0.2) is 53.4 Å². The Morgan fingerprint density at radius 3 is 2.39 bits per heavy atom. The molecule has 2 N–H and O–H groups in total. The number of carboxylic acid groups (broad SMARTS) is 2. The van der Waals surface area contributed by atoms with E-state index in [0.717, 1.165) is 51.6 Å². The monoisotopic (exact) mass is 574 g/mol. The molecule has 0 fully saturated rings. The molecule has 9 heteroatoms. The van der Waals surface area contributed by atoms with Gasteiger partial charge in [0, 0.05) is 39.5 Å². The van der Waals surface area contributed by atoms with Gasteiger partial charge in [0.15, 0.2) is 11.5 Å². The number of fused-ring (bicyclic) bond motifs is 2. The molecule has 0 spiro atoms. The maximum Gasteiger partial charge on any atom is 0.335 e. The summed E-state index contributed by atoms with van der Waals surface area (Å²) in [7, 11) is 3.11. The Morgan fingerprint density at radius 1 is 0.951 bits per heavy atom. The number of aromatic carboxylic acids is 1. The zero-order chi connectivity index (χ0) is 29.1. The third-order valence-electron chi connectivity index (χ3n) is 7.14. The van der Waals surface area contributed by atoms with Crippen molar-refractivity contribution in [3.05, 3.63) is 75.0 Å². The fourth-order valence-electron chi connectivity index (χ4n) is 5.07. The van der Waals surface area contributed by atoms with Crippen LogP contribution >= 0.6 is 11.3 Å². The van der Waals surface area contributed by atoms with Gasteiger partial charge in [0.1, 0.15) is 11.5 Å². The average Bonchev–Trinajstić information content (AvgIpc) is 3.60. The van der Waals surface area contributed by atoms with Gasteiger partial charge in [-0.3, -0.25) is 0 Å². The second kappa shape index (κ2) is 11.9. The molecule has 0 bridgehead atoms. The lowest BCUT2D eigenvalue weighted by Gasteiger charge is -2.14. The summed E-state index contributed by atoms with van der Waals surface area (Å²) < 4.78 is 22.1. The van der Waals surface area contributed by atoms with Crippen LogP contribution in [0.2, 0.25) is 0 Å². The van der Waals surface area contributed by atoms with E-state index in [9.17, 15) is 19.8 Å². The second-order valence-electron chi connectivity index (χ2n) is 9.65. The van der Waals surface area contributed by atoms with Crippen molar-refractivity contribution in [2.75, 3.05) is 21.0 Å². The van der Waals surface area contributed by atoms with Crippen LogP contribution in [0.1, 0.15) is 46.1 Å². The number of thiophene rings is 1. The molecule has 212 valence electrons. The Balaban J connectivity index is 1.68. The molecular weight excluding hydrogens is 544 g/mol. The van der Waals surface area contributed by atoms with Gasteiger partial charge in [-0.2, -0.15) is 0 Å². The fraction of sp³-hybridized carbons (Fsp3) is 0.250. The number of rotatable bonds is 11. The number of benzene rings is 3. The number of hydrogen-bond donors (Lipinski definition) is 2. The number of ether oxygens (including phenoxy) is 4. The van der Waals surface area contributed by atoms with Gasteiger partial charge in [0.2, 0.25) is 6.79 Å². The minimum Gasteiger partial charge on any atom is -0.496 e. The predicted octanol–water partition coefficient (Wildman–Crippen LogP) is 7.07. The lowest BCUT2D eigenvalue weighted by molar-refractivity contribution is -0.132. The highest BCUT2D eigenvalue weighted by Gasteiger charge is 2.22. The molecule has 0 saturated carbocycles. The molecule has 41 heavy (non-hydrogen) atoms. The van der Waals surface area contributed by atoms with E-state index in [1.165, 1.54) is 18.4 Å². The van der Waals surface area contributed by atoms with Crippen molar-refractivity contribution in [1.29, 1.82) is 0 Å². The van der Waals surface area contributed by atoms with Gasteiger partial charge in [-0.25, -0.2) is 9.59 Å². The summed E-state index contributed by atoms with van der Waals surface area (Å²) in [4.78, 5) is 25.2. The van der Waals surface area contributed by atoms with Gasteiger partial charge in [0.05, 0.1) is 19.8 Å². The Bertz CT molecular complexity index is 1670. The highest BCUT2D eigenvalue weighted by molar-refractivity contribution is 7.11. The van der Waals surface area contributed by atoms with Gasteiger partial charge in [0.25, 0.3) is 0 Å². The number of unbranched alkanes of at least 4 members (excludes halogenated alkanes) is 1. The van der Waals surface area contributed by atoms with Crippen molar-refractivity contribution in [3.8, 4) is 34.1 Å². The third-order valence-corrected chi connectivity index (χ3v) is 8.12. The number of aryl methyl sites for hydroxylation is 1. The average molecular weight is 575 g/mol. The summed E-state index contributed by atoms with van der Waals surface area (Å²) in [5, 5.41) is 23.5. The first-order valence-electron chi connectivity index (χ1n) is 13.2. The molecule has 0 radical (unpaired) electrons. The summed E-state index contributed by atoms with van der Waals surface area (Å²) in [6.45, 7) is 2.22. The minimum absolute atomic E-state index is 0.0993. The largest absolute Gasteiger partial charge is 0.496 e. The van der Waals surface area contributed by atoms with Gasteiger partial charge >= 0.3 is 11.9 Å². The molecule has 2 heterocycles. The molecular formula is C32H30O8S. The van der Waals surface area contributed by atoms with E-state index < -0.39 is 11.9 Å². The van der Waals surface area contributed by atoms with Crippen LogP contribution in [0, 0.1) is 0 Å². The van der Waals surface area contributed by atoms with Gasteiger partial charge in [-0.1, -0.05) is 13.3 Å². The summed E-state index contributed by atoms with van der Waals surface area (Å²) in [5.74, 6) is 0.168. The highest BCUT2D eigenvalue weighted by Crippen LogP contribution is 2.43. The standard InChI is InChI=1S/C32H30O8S/c1-4-5-6-19-16-41-29(14-21(32(35)36)11-20-13-27-28(40-17-39-27)15-26(20)38-3)30(19)23-9-10-25(37-2)22-8-7-18(31(33)34)12-24(22)23/h7-10,12-16H,4-6,11,17H2,1-3H3,(H,33,34)(H,35,36)/b21-14+.